The van der Waals surface area contributed by atoms with Crippen molar-refractivity contribution in [2.24, 2.45) is 0 Å². The van der Waals surface area contributed by atoms with Gasteiger partial charge in [-0.3, -0.25) is 9.89 Å². The van der Waals surface area contributed by atoms with Gasteiger partial charge in [-0.15, -0.1) is 0 Å². The maximum atomic E-state index is 12.6. The maximum absolute atomic E-state index is 12.6. The van der Waals surface area contributed by atoms with Gasteiger partial charge in [0.15, 0.2) is 0 Å². The summed E-state index contributed by atoms with van der Waals surface area (Å²) in [5.41, 5.74) is 2.56. The van der Waals surface area contributed by atoms with Gasteiger partial charge in [0.05, 0.1) is 24.2 Å². The lowest BCUT2D eigenvalue weighted by atomic mass is 10.1. The number of benzene rings is 1. The minimum absolute atomic E-state index is 0.0614. The summed E-state index contributed by atoms with van der Waals surface area (Å²) in [6.45, 7) is 1.47. The molecule has 1 amide bonds. The average Bonchev–Trinajstić information content (AvgIpc) is 3.18. The summed E-state index contributed by atoms with van der Waals surface area (Å²) in [6.07, 6.45) is 0.986. The summed E-state index contributed by atoms with van der Waals surface area (Å²) in [5.74, 6) is 1.49. The normalized spacial score (nSPS) is 14.1. The molecular formula is C17H18N4O3. The first-order chi connectivity index (χ1) is 11.7. The Morgan fingerprint density at radius 2 is 2.29 bits per heavy atom. The van der Waals surface area contributed by atoms with Crippen molar-refractivity contribution >= 4 is 16.8 Å². The summed E-state index contributed by atoms with van der Waals surface area (Å²) in [5, 5.41) is 8.21. The Morgan fingerprint density at radius 1 is 1.42 bits per heavy atom. The number of fused-ring (bicyclic) bond motifs is 2. The number of methoxy groups -OCH3 is 1. The van der Waals surface area contributed by atoms with Gasteiger partial charge in [0, 0.05) is 25.5 Å². The Labute approximate surface area is 138 Å². The number of aromatic amines is 1. The fraction of sp³-hybridized carbons (Fsp3) is 0.353. The second-order valence-corrected chi connectivity index (χ2v) is 5.87. The zero-order valence-electron chi connectivity index (χ0n) is 13.4. The molecule has 1 aromatic carbocycles. The van der Waals surface area contributed by atoms with E-state index in [9.17, 15) is 4.79 Å². The lowest BCUT2D eigenvalue weighted by Gasteiger charge is -2.25. The van der Waals surface area contributed by atoms with E-state index in [0.29, 0.717) is 38.4 Å². The molecule has 1 aliphatic heterocycles. The molecule has 2 aromatic heterocycles. The molecule has 0 unspecified atom stereocenters. The zero-order valence-corrected chi connectivity index (χ0v) is 13.4. The quantitative estimate of drug-likeness (QED) is 0.790. The van der Waals surface area contributed by atoms with E-state index in [2.05, 4.69) is 15.2 Å². The Hall–Kier alpha value is -2.67. The molecule has 1 N–H and O–H groups in total. The highest BCUT2D eigenvalue weighted by molar-refractivity contribution is 5.87. The van der Waals surface area contributed by atoms with E-state index < -0.39 is 0 Å². The fourth-order valence-electron chi connectivity index (χ4n) is 3.06. The first-order valence-electron chi connectivity index (χ1n) is 7.90. The van der Waals surface area contributed by atoms with Crippen molar-refractivity contribution in [3.63, 3.8) is 0 Å². The minimum atomic E-state index is 0.0614. The number of carbonyl (C=O) groups excluding carboxylic acids is 1. The van der Waals surface area contributed by atoms with Crippen molar-refractivity contribution in [3.05, 3.63) is 47.3 Å². The molecule has 3 heterocycles. The lowest BCUT2D eigenvalue weighted by Crippen LogP contribution is -2.36. The maximum Gasteiger partial charge on any atom is 0.228 e. The molecule has 4 rings (SSSR count). The average molecular weight is 326 g/mol. The number of amides is 1. The van der Waals surface area contributed by atoms with Crippen LogP contribution in [0.1, 0.15) is 23.0 Å². The third-order valence-electron chi connectivity index (χ3n) is 4.26. The van der Waals surface area contributed by atoms with E-state index in [0.717, 1.165) is 28.1 Å². The van der Waals surface area contributed by atoms with Crippen LogP contribution in [0.5, 0.6) is 0 Å². The molecule has 3 aromatic rings. The minimum Gasteiger partial charge on any atom is -0.443 e. The van der Waals surface area contributed by atoms with Crippen LogP contribution >= 0.6 is 0 Å². The van der Waals surface area contributed by atoms with Crippen molar-refractivity contribution in [1.29, 1.82) is 0 Å². The molecule has 0 atom stereocenters. The molecule has 0 spiro atoms. The lowest BCUT2D eigenvalue weighted by molar-refractivity contribution is -0.131. The largest absolute Gasteiger partial charge is 0.443 e. The van der Waals surface area contributed by atoms with Crippen LogP contribution in [0.15, 0.2) is 28.7 Å². The van der Waals surface area contributed by atoms with Gasteiger partial charge in [-0.05, 0) is 6.07 Å². The van der Waals surface area contributed by atoms with Crippen molar-refractivity contribution in [2.45, 2.75) is 26.0 Å². The van der Waals surface area contributed by atoms with Gasteiger partial charge >= 0.3 is 0 Å². The molecule has 0 aliphatic carbocycles. The predicted octanol–water partition coefficient (Wildman–Crippen LogP) is 1.82. The second-order valence-electron chi connectivity index (χ2n) is 5.87. The Balaban J connectivity index is 1.49. The van der Waals surface area contributed by atoms with Crippen molar-refractivity contribution in [1.82, 2.24) is 20.1 Å². The third kappa shape index (κ3) is 2.67. The van der Waals surface area contributed by atoms with E-state index in [-0.39, 0.29) is 5.91 Å². The van der Waals surface area contributed by atoms with Crippen LogP contribution in [0, 0.1) is 0 Å². The third-order valence-corrected chi connectivity index (χ3v) is 4.26. The van der Waals surface area contributed by atoms with E-state index in [1.165, 1.54) is 0 Å². The van der Waals surface area contributed by atoms with Gasteiger partial charge in [0.25, 0.3) is 0 Å². The molecule has 0 fully saturated rings. The fourth-order valence-corrected chi connectivity index (χ4v) is 3.06. The standard InChI is InChI=1S/C17H18N4O3/c1-23-10-16-18-14-9-21(7-6-15(14)24-16)17(22)8-13-11-4-2-3-5-12(11)19-20-13/h2-5H,6-10H2,1H3,(H,19,20). The van der Waals surface area contributed by atoms with Crippen LogP contribution in [-0.2, 0) is 35.5 Å². The number of rotatable bonds is 4. The molecule has 7 heteroatoms. The van der Waals surface area contributed by atoms with Gasteiger partial charge in [0.2, 0.25) is 11.8 Å². The molecule has 7 nitrogen and oxygen atoms in total. The molecule has 24 heavy (non-hydrogen) atoms. The van der Waals surface area contributed by atoms with Crippen LogP contribution < -0.4 is 0 Å². The van der Waals surface area contributed by atoms with E-state index in [1.54, 1.807) is 7.11 Å². The molecule has 124 valence electrons. The Kier molecular flexibility index (Phi) is 3.78. The van der Waals surface area contributed by atoms with Crippen molar-refractivity contribution < 1.29 is 13.9 Å². The number of hydrogen-bond acceptors (Lipinski definition) is 5. The predicted molar refractivity (Wildman–Crippen MR) is 86.1 cm³/mol. The molecular weight excluding hydrogens is 308 g/mol. The van der Waals surface area contributed by atoms with E-state index in [1.807, 2.05) is 29.2 Å². The Morgan fingerprint density at radius 3 is 3.17 bits per heavy atom. The van der Waals surface area contributed by atoms with Gasteiger partial charge in [-0.1, -0.05) is 18.2 Å². The summed E-state index contributed by atoms with van der Waals surface area (Å²) in [6, 6.07) is 7.79. The highest BCUT2D eigenvalue weighted by atomic mass is 16.5. The number of aromatic nitrogens is 3. The topological polar surface area (TPSA) is 84.3 Å². The number of hydrogen-bond donors (Lipinski definition) is 1. The summed E-state index contributed by atoms with van der Waals surface area (Å²) in [4.78, 5) is 18.9. The number of nitrogens with one attached hydrogen (secondary N) is 1. The number of carbonyl (C=O) groups is 1. The van der Waals surface area contributed by atoms with Crippen LogP contribution in [0.2, 0.25) is 0 Å². The van der Waals surface area contributed by atoms with Crippen LogP contribution in [0.4, 0.5) is 0 Å². The molecule has 0 saturated carbocycles. The van der Waals surface area contributed by atoms with E-state index in [4.69, 9.17) is 9.15 Å². The summed E-state index contributed by atoms with van der Waals surface area (Å²) >= 11 is 0. The highest BCUT2D eigenvalue weighted by Gasteiger charge is 2.26. The van der Waals surface area contributed by atoms with Gasteiger partial charge in [-0.2, -0.15) is 5.10 Å². The Bertz CT molecular complexity index is 883. The second kappa shape index (κ2) is 6.09. The van der Waals surface area contributed by atoms with Crippen LogP contribution in [0.25, 0.3) is 10.9 Å². The highest BCUT2D eigenvalue weighted by Crippen LogP contribution is 2.22. The van der Waals surface area contributed by atoms with Gasteiger partial charge < -0.3 is 14.1 Å². The SMILES string of the molecule is COCc1nc2c(o1)CCN(C(=O)Cc1[nH]nc3ccccc13)C2. The first kappa shape index (κ1) is 14.9. The van der Waals surface area contributed by atoms with Crippen molar-refractivity contribution in [3.8, 4) is 0 Å². The van der Waals surface area contributed by atoms with Crippen LogP contribution in [-0.4, -0.2) is 39.6 Å². The van der Waals surface area contributed by atoms with Crippen LogP contribution in [0.3, 0.4) is 0 Å². The molecule has 1 aliphatic rings. The van der Waals surface area contributed by atoms with Gasteiger partial charge in [0.1, 0.15) is 18.1 Å². The monoisotopic (exact) mass is 326 g/mol. The number of ether oxygens (including phenoxy) is 1. The first-order valence-corrected chi connectivity index (χ1v) is 7.90. The number of oxazole rings is 1. The summed E-state index contributed by atoms with van der Waals surface area (Å²) in [7, 11) is 1.60. The smallest absolute Gasteiger partial charge is 0.228 e. The van der Waals surface area contributed by atoms with Crippen molar-refractivity contribution in [2.75, 3.05) is 13.7 Å². The number of para-hydroxylation sites is 1. The summed E-state index contributed by atoms with van der Waals surface area (Å²) < 4.78 is 10.7. The number of H-pyrrole nitrogens is 1. The molecule has 0 bridgehead atoms. The van der Waals surface area contributed by atoms with E-state index >= 15 is 0 Å². The molecule has 0 saturated heterocycles. The zero-order chi connectivity index (χ0) is 16.5. The van der Waals surface area contributed by atoms with Gasteiger partial charge in [-0.25, -0.2) is 4.98 Å². The number of nitrogens with zero attached hydrogens (tertiary/aromatic N) is 3. The molecule has 0 radical (unpaired) electrons.